The van der Waals surface area contributed by atoms with Gasteiger partial charge in [0.1, 0.15) is 0 Å². The van der Waals surface area contributed by atoms with Crippen LogP contribution < -0.4 is 0 Å². The first-order valence-electron chi connectivity index (χ1n) is 6.84. The van der Waals surface area contributed by atoms with Gasteiger partial charge in [-0.1, -0.05) is 69.9 Å². The molecule has 2 unspecified atom stereocenters. The summed E-state index contributed by atoms with van der Waals surface area (Å²) in [7, 11) is 0. The van der Waals surface area contributed by atoms with E-state index in [2.05, 4.69) is 38.1 Å². The summed E-state index contributed by atoms with van der Waals surface area (Å²) >= 11 is 0. The first-order valence-corrected chi connectivity index (χ1v) is 6.84. The molecule has 1 aliphatic carbocycles. The lowest BCUT2D eigenvalue weighted by atomic mass is 9.76. The van der Waals surface area contributed by atoms with Crippen molar-refractivity contribution >= 4 is 0 Å². The molecule has 0 spiro atoms. The van der Waals surface area contributed by atoms with Crippen LogP contribution in [0, 0.1) is 12.8 Å². The second kappa shape index (κ2) is 6.73. The SMILES string of the molecule is CC.Cc1cccc(C2CCCCC2C)c1. The minimum absolute atomic E-state index is 0.823. The first-order chi connectivity index (χ1) is 7.77. The van der Waals surface area contributed by atoms with E-state index in [4.69, 9.17) is 0 Å². The molecule has 0 nitrogen and oxygen atoms in total. The molecular formula is C16H26. The van der Waals surface area contributed by atoms with Crippen LogP contribution in [-0.4, -0.2) is 0 Å². The Hall–Kier alpha value is -0.780. The van der Waals surface area contributed by atoms with Gasteiger partial charge in [0.15, 0.2) is 0 Å². The fourth-order valence-corrected chi connectivity index (χ4v) is 2.71. The highest BCUT2D eigenvalue weighted by molar-refractivity contribution is 5.26. The van der Waals surface area contributed by atoms with Crippen LogP contribution in [-0.2, 0) is 0 Å². The summed E-state index contributed by atoms with van der Waals surface area (Å²) < 4.78 is 0. The van der Waals surface area contributed by atoms with Crippen molar-refractivity contribution in [3.63, 3.8) is 0 Å². The molecule has 1 aromatic carbocycles. The van der Waals surface area contributed by atoms with Crippen molar-refractivity contribution < 1.29 is 0 Å². The lowest BCUT2D eigenvalue weighted by Gasteiger charge is -2.29. The van der Waals surface area contributed by atoms with Gasteiger partial charge in [0, 0.05) is 0 Å². The van der Waals surface area contributed by atoms with Crippen LogP contribution in [0.5, 0.6) is 0 Å². The molecule has 0 aliphatic heterocycles. The van der Waals surface area contributed by atoms with E-state index in [0.717, 1.165) is 11.8 Å². The molecule has 2 rings (SSSR count). The summed E-state index contributed by atoms with van der Waals surface area (Å²) in [5.41, 5.74) is 2.97. The summed E-state index contributed by atoms with van der Waals surface area (Å²) in [6.07, 6.45) is 5.66. The molecule has 0 bridgehead atoms. The molecule has 90 valence electrons. The molecule has 0 radical (unpaired) electrons. The van der Waals surface area contributed by atoms with Crippen LogP contribution in [0.1, 0.15) is 63.5 Å². The van der Waals surface area contributed by atoms with Gasteiger partial charge in [-0.05, 0) is 30.7 Å². The number of aryl methyl sites for hydroxylation is 1. The second-order valence-electron chi connectivity index (χ2n) is 4.78. The van der Waals surface area contributed by atoms with E-state index in [1.807, 2.05) is 13.8 Å². The summed E-state index contributed by atoms with van der Waals surface area (Å²) in [5.74, 6) is 1.70. The Morgan fingerprint density at radius 3 is 2.38 bits per heavy atom. The van der Waals surface area contributed by atoms with E-state index in [-0.39, 0.29) is 0 Å². The van der Waals surface area contributed by atoms with Crippen molar-refractivity contribution in [2.24, 2.45) is 5.92 Å². The molecule has 0 amide bonds. The highest BCUT2D eigenvalue weighted by atomic mass is 14.3. The van der Waals surface area contributed by atoms with Gasteiger partial charge in [-0.3, -0.25) is 0 Å². The molecule has 0 aromatic heterocycles. The largest absolute Gasteiger partial charge is 0.0683 e. The molecule has 0 N–H and O–H groups in total. The summed E-state index contributed by atoms with van der Waals surface area (Å²) in [6.45, 7) is 8.60. The van der Waals surface area contributed by atoms with Gasteiger partial charge < -0.3 is 0 Å². The standard InChI is InChI=1S/C14H20.C2H6/c1-11-6-5-8-13(10-11)14-9-4-3-7-12(14)2;1-2/h5-6,8,10,12,14H,3-4,7,9H2,1-2H3;1-2H3. The average Bonchev–Trinajstić information content (AvgIpc) is 2.32. The van der Waals surface area contributed by atoms with Gasteiger partial charge in [0.05, 0.1) is 0 Å². The molecule has 0 heteroatoms. The minimum Gasteiger partial charge on any atom is -0.0683 e. The third kappa shape index (κ3) is 3.37. The fraction of sp³-hybridized carbons (Fsp3) is 0.625. The number of rotatable bonds is 1. The van der Waals surface area contributed by atoms with E-state index >= 15 is 0 Å². The number of hydrogen-bond acceptors (Lipinski definition) is 0. The van der Waals surface area contributed by atoms with E-state index in [1.165, 1.54) is 31.2 Å². The van der Waals surface area contributed by atoms with Crippen molar-refractivity contribution in [3.05, 3.63) is 35.4 Å². The second-order valence-corrected chi connectivity index (χ2v) is 4.78. The summed E-state index contributed by atoms with van der Waals surface area (Å²) in [4.78, 5) is 0. The van der Waals surface area contributed by atoms with Gasteiger partial charge >= 0.3 is 0 Å². The maximum Gasteiger partial charge on any atom is -0.0136 e. The monoisotopic (exact) mass is 218 g/mol. The average molecular weight is 218 g/mol. The zero-order valence-electron chi connectivity index (χ0n) is 11.3. The number of hydrogen-bond donors (Lipinski definition) is 0. The Bertz CT molecular complexity index is 301. The Balaban J connectivity index is 0.000000606. The molecule has 1 fully saturated rings. The van der Waals surface area contributed by atoms with Crippen LogP contribution in [0.3, 0.4) is 0 Å². The van der Waals surface area contributed by atoms with Gasteiger partial charge in [0.2, 0.25) is 0 Å². The van der Waals surface area contributed by atoms with Gasteiger partial charge in [0.25, 0.3) is 0 Å². The van der Waals surface area contributed by atoms with Crippen molar-refractivity contribution in [2.75, 3.05) is 0 Å². The molecule has 1 aromatic rings. The normalized spacial score (nSPS) is 24.5. The molecular weight excluding hydrogens is 192 g/mol. The first kappa shape index (κ1) is 13.3. The van der Waals surface area contributed by atoms with E-state index in [1.54, 1.807) is 5.56 Å². The maximum absolute atomic E-state index is 2.41. The summed E-state index contributed by atoms with van der Waals surface area (Å²) in [5, 5.41) is 0. The zero-order valence-corrected chi connectivity index (χ0v) is 11.3. The van der Waals surface area contributed by atoms with E-state index < -0.39 is 0 Å². The van der Waals surface area contributed by atoms with Crippen molar-refractivity contribution in [1.29, 1.82) is 0 Å². The zero-order chi connectivity index (χ0) is 12.0. The lowest BCUT2D eigenvalue weighted by molar-refractivity contribution is 0.330. The Morgan fingerprint density at radius 2 is 1.75 bits per heavy atom. The smallest absolute Gasteiger partial charge is 0.0136 e. The van der Waals surface area contributed by atoms with Crippen molar-refractivity contribution in [1.82, 2.24) is 0 Å². The van der Waals surface area contributed by atoms with Gasteiger partial charge in [-0.2, -0.15) is 0 Å². The predicted octanol–water partition coefficient (Wildman–Crippen LogP) is 5.31. The highest BCUT2D eigenvalue weighted by Gasteiger charge is 2.22. The van der Waals surface area contributed by atoms with Crippen LogP contribution in [0.25, 0.3) is 0 Å². The highest BCUT2D eigenvalue weighted by Crippen LogP contribution is 2.37. The molecule has 1 saturated carbocycles. The Kier molecular flexibility index (Phi) is 5.59. The Morgan fingerprint density at radius 1 is 1.06 bits per heavy atom. The molecule has 1 aliphatic rings. The topological polar surface area (TPSA) is 0 Å². The number of benzene rings is 1. The minimum atomic E-state index is 0.823. The summed E-state index contributed by atoms with van der Waals surface area (Å²) in [6, 6.07) is 9.06. The Labute approximate surface area is 101 Å². The molecule has 2 atom stereocenters. The van der Waals surface area contributed by atoms with Crippen molar-refractivity contribution in [3.8, 4) is 0 Å². The van der Waals surface area contributed by atoms with E-state index in [0.29, 0.717) is 0 Å². The molecule has 16 heavy (non-hydrogen) atoms. The van der Waals surface area contributed by atoms with Crippen LogP contribution in [0.2, 0.25) is 0 Å². The van der Waals surface area contributed by atoms with Crippen LogP contribution in [0.4, 0.5) is 0 Å². The van der Waals surface area contributed by atoms with Crippen LogP contribution in [0.15, 0.2) is 24.3 Å². The van der Waals surface area contributed by atoms with Gasteiger partial charge in [-0.15, -0.1) is 0 Å². The predicted molar refractivity (Wildman–Crippen MR) is 72.9 cm³/mol. The molecule has 0 heterocycles. The maximum atomic E-state index is 2.41. The van der Waals surface area contributed by atoms with Crippen molar-refractivity contribution in [2.45, 2.75) is 59.3 Å². The quantitative estimate of drug-likeness (QED) is 0.599. The third-order valence-electron chi connectivity index (χ3n) is 3.58. The molecule has 0 saturated heterocycles. The third-order valence-corrected chi connectivity index (χ3v) is 3.58. The van der Waals surface area contributed by atoms with Crippen LogP contribution >= 0.6 is 0 Å². The van der Waals surface area contributed by atoms with E-state index in [9.17, 15) is 0 Å². The lowest BCUT2D eigenvalue weighted by Crippen LogP contribution is -2.14. The fourth-order valence-electron chi connectivity index (χ4n) is 2.71. The van der Waals surface area contributed by atoms with Gasteiger partial charge in [-0.25, -0.2) is 0 Å².